The Balaban J connectivity index is 0.000000491. The van der Waals surface area contributed by atoms with Gasteiger partial charge in [-0.2, -0.15) is 30.7 Å². The summed E-state index contributed by atoms with van der Waals surface area (Å²) in [5.41, 5.74) is -2.16. The van der Waals surface area contributed by atoms with E-state index in [1.54, 1.807) is 0 Å². The van der Waals surface area contributed by atoms with Gasteiger partial charge in [0, 0.05) is 40.7 Å². The summed E-state index contributed by atoms with van der Waals surface area (Å²) in [6, 6.07) is 3.02. The number of halogens is 8. The monoisotopic (exact) mass is 713 g/mol. The Morgan fingerprint density at radius 3 is 2.42 bits per heavy atom. The van der Waals surface area contributed by atoms with Gasteiger partial charge in [-0.25, -0.2) is 18.9 Å². The minimum atomic E-state index is -6.66. The summed E-state index contributed by atoms with van der Waals surface area (Å²) in [6.07, 6.45) is -5.01. The Hall–Kier alpha value is -4.31. The van der Waals surface area contributed by atoms with Crippen LogP contribution in [0.2, 0.25) is 0 Å². The number of aldehydes is 1. The van der Waals surface area contributed by atoms with Gasteiger partial charge in [0.1, 0.15) is 12.8 Å². The van der Waals surface area contributed by atoms with Crippen molar-refractivity contribution in [1.82, 2.24) is 30.1 Å². The zero-order valence-corrected chi connectivity index (χ0v) is 25.6. The summed E-state index contributed by atoms with van der Waals surface area (Å²) >= 11 is 0.712. The van der Waals surface area contributed by atoms with Crippen LogP contribution in [0.4, 0.5) is 46.6 Å². The third-order valence-corrected chi connectivity index (χ3v) is 8.21. The molecule has 13 nitrogen and oxygen atoms in total. The maximum Gasteiger partial charge on any atom is 0.460 e. The lowest BCUT2D eigenvalue weighted by Crippen LogP contribution is -2.50. The molecule has 1 spiro atoms. The molecule has 0 aliphatic carbocycles. The first kappa shape index (κ1) is 36.5. The molecule has 2 saturated heterocycles. The van der Waals surface area contributed by atoms with Gasteiger partial charge in [0.15, 0.2) is 18.7 Å². The van der Waals surface area contributed by atoms with E-state index in [1.165, 1.54) is 31.6 Å². The molecule has 2 aliphatic rings. The largest absolute Gasteiger partial charge is 0.460 e. The van der Waals surface area contributed by atoms with Gasteiger partial charge in [-0.15, -0.1) is 5.10 Å². The third-order valence-electron chi connectivity index (χ3n) is 7.16. The van der Waals surface area contributed by atoms with Gasteiger partial charge in [0.2, 0.25) is 5.16 Å². The van der Waals surface area contributed by atoms with Crippen molar-refractivity contribution in [2.45, 2.75) is 41.0 Å². The van der Waals surface area contributed by atoms with Crippen molar-refractivity contribution in [3.8, 4) is 0 Å². The van der Waals surface area contributed by atoms with Gasteiger partial charge in [-0.05, 0) is 54.3 Å². The number of carbonyl (C=O) groups is 2. The van der Waals surface area contributed by atoms with Crippen LogP contribution in [-0.2, 0) is 26.8 Å². The number of aromatic nitrogens is 5. The molecule has 260 valence electrons. The molecule has 22 heteroatoms. The molecule has 0 unspecified atom stereocenters. The number of amides is 1. The molecule has 0 saturated carbocycles. The van der Waals surface area contributed by atoms with Gasteiger partial charge >= 0.3 is 23.7 Å². The molecule has 5 rings (SSSR count). The number of carbonyl (C=O) groups excluding carboxylic acids is 2. The molecule has 0 bridgehead atoms. The molecule has 3 aromatic rings. The lowest BCUT2D eigenvalue weighted by atomic mass is 9.85. The molecule has 1 aromatic carbocycles. The minimum Gasteiger partial charge on any atom is -0.380 e. The van der Waals surface area contributed by atoms with E-state index in [0.29, 0.717) is 23.5 Å². The molecular formula is C26H25F8N8O5S+. The van der Waals surface area contributed by atoms with Crippen LogP contribution in [0.3, 0.4) is 0 Å². The lowest BCUT2D eigenvalue weighted by molar-refractivity contribution is -0.736. The Morgan fingerprint density at radius 2 is 1.90 bits per heavy atom. The third kappa shape index (κ3) is 7.54. The Morgan fingerprint density at radius 1 is 1.19 bits per heavy atom. The van der Waals surface area contributed by atoms with Crippen molar-refractivity contribution in [2.75, 3.05) is 45.8 Å². The summed E-state index contributed by atoms with van der Waals surface area (Å²) < 4.78 is 112. The van der Waals surface area contributed by atoms with Gasteiger partial charge in [-0.3, -0.25) is 4.79 Å². The van der Waals surface area contributed by atoms with E-state index >= 15 is 0 Å². The van der Waals surface area contributed by atoms with Crippen LogP contribution in [0.15, 0.2) is 40.5 Å². The van der Waals surface area contributed by atoms with Crippen LogP contribution in [0.25, 0.3) is 0 Å². The van der Waals surface area contributed by atoms with Crippen LogP contribution in [0, 0.1) is 16.1 Å². The van der Waals surface area contributed by atoms with E-state index in [9.17, 15) is 49.6 Å². The molecule has 4 heterocycles. The lowest BCUT2D eigenvalue weighted by Gasteiger charge is -2.37. The normalized spacial score (nSPS) is 16.1. The quantitative estimate of drug-likeness (QED) is 0.181. The predicted octanol–water partition coefficient (Wildman–Crippen LogP) is 4.41. The Kier molecular flexibility index (Phi) is 10.7. The maximum atomic E-state index is 14.5. The highest BCUT2D eigenvalue weighted by Gasteiger charge is 2.73. The average molecular weight is 714 g/mol. The van der Waals surface area contributed by atoms with E-state index in [0.717, 1.165) is 31.1 Å². The number of hydrogen-bond donors (Lipinski definition) is 1. The second-order valence-corrected chi connectivity index (χ2v) is 11.7. The van der Waals surface area contributed by atoms with Crippen LogP contribution in [-0.4, -0.2) is 99.8 Å². The number of hydrogen-bond acceptors (Lipinski definition) is 11. The maximum absolute atomic E-state index is 14.5. The van der Waals surface area contributed by atoms with Crippen LogP contribution >= 0.6 is 11.8 Å². The number of nitrogens with zero attached hydrogens (tertiary/aromatic N) is 7. The summed E-state index contributed by atoms with van der Waals surface area (Å²) in [7, 11) is 3.19. The van der Waals surface area contributed by atoms with Crippen LogP contribution < -0.4 is 5.32 Å². The van der Waals surface area contributed by atoms with Gasteiger partial charge in [0.25, 0.3) is 10.8 Å². The van der Waals surface area contributed by atoms with Crippen molar-refractivity contribution in [1.29, 1.82) is 0 Å². The van der Waals surface area contributed by atoms with Crippen molar-refractivity contribution in [2.24, 2.45) is 5.41 Å². The first-order valence-electron chi connectivity index (χ1n) is 13.5. The van der Waals surface area contributed by atoms with Crippen molar-refractivity contribution >= 4 is 35.5 Å². The number of likely N-dealkylation sites (tertiary alicyclic amines) is 1. The molecule has 1 N–H and O–H groups in total. The van der Waals surface area contributed by atoms with E-state index in [1.807, 2.05) is 5.32 Å². The molecule has 48 heavy (non-hydrogen) atoms. The van der Waals surface area contributed by atoms with E-state index in [2.05, 4.69) is 37.3 Å². The summed E-state index contributed by atoms with van der Waals surface area (Å²) in [5.74, 6) is -16.7. The minimum absolute atomic E-state index is 0.00361. The van der Waals surface area contributed by atoms with Crippen molar-refractivity contribution in [3.05, 3.63) is 52.3 Å². The first-order valence-corrected chi connectivity index (χ1v) is 14.4. The first-order chi connectivity index (χ1) is 22.4. The number of anilines is 1. The fraction of sp³-hybridized carbons (Fsp3) is 0.462. The molecule has 2 aromatic heterocycles. The van der Waals surface area contributed by atoms with Gasteiger partial charge in [-0.1, -0.05) is 0 Å². The average Bonchev–Trinajstić information content (AvgIpc) is 3.64. The SMILES string of the molecule is CN1CCC2(COC2)C1.CO[N+](=O)c1ccc(Sc2nnnn2CC=O)c(C(=O)Nc2ncc(C(F)(F)C(F)(F)C(F)(F)F)cc2F)c1. The highest BCUT2D eigenvalue weighted by molar-refractivity contribution is 7.99. The highest BCUT2D eigenvalue weighted by atomic mass is 32.2. The van der Waals surface area contributed by atoms with Crippen molar-refractivity contribution < 1.29 is 59.2 Å². The number of rotatable bonds is 10. The fourth-order valence-corrected chi connectivity index (χ4v) is 5.47. The second kappa shape index (κ2) is 14.0. The number of pyridine rings is 1. The predicted molar refractivity (Wildman–Crippen MR) is 147 cm³/mol. The van der Waals surface area contributed by atoms with Crippen molar-refractivity contribution in [3.63, 3.8) is 0 Å². The molecule has 1 amide bonds. The van der Waals surface area contributed by atoms with Gasteiger partial charge in [0.05, 0.1) is 23.7 Å². The second-order valence-electron chi connectivity index (χ2n) is 10.7. The molecule has 2 fully saturated rings. The molecule has 0 atom stereocenters. The fourth-order valence-electron chi connectivity index (χ4n) is 4.58. The summed E-state index contributed by atoms with van der Waals surface area (Å²) in [4.78, 5) is 45.5. The van der Waals surface area contributed by atoms with Crippen LogP contribution in [0.1, 0.15) is 22.3 Å². The molecule has 0 radical (unpaired) electrons. The number of tetrazole rings is 1. The highest BCUT2D eigenvalue weighted by Crippen LogP contribution is 2.51. The van der Waals surface area contributed by atoms with E-state index in [4.69, 9.17) is 4.74 Å². The van der Waals surface area contributed by atoms with Gasteiger partial charge < -0.3 is 19.7 Å². The number of alkyl halides is 7. The topological polar surface area (TPSA) is 144 Å². The standard InChI is InChI=1S/C19H11F8N7O4S.C7H13NO/c1-38-34(37)10-2-3-13(39-16-30-31-32-33(16)4-5-35)11(7-10)15(36)29-14-12(20)6-9(8-28-14)17(21,22)18(23,24)19(25,26)27;1-8-3-2-7(4-8)5-9-6-7/h2-3,5-8H,4H2,1H3;2-6H2,1H3/p+1. The molecular weight excluding hydrogens is 688 g/mol. The Labute approximate surface area is 269 Å². The summed E-state index contributed by atoms with van der Waals surface area (Å²) in [5, 5.41) is 12.4. The number of benzene rings is 1. The van der Waals surface area contributed by atoms with Crippen LogP contribution in [0.5, 0.6) is 0 Å². The van der Waals surface area contributed by atoms with E-state index in [-0.39, 0.29) is 39.5 Å². The Bertz CT molecular complexity index is 1670. The van der Waals surface area contributed by atoms with E-state index < -0.39 is 46.7 Å². The summed E-state index contributed by atoms with van der Waals surface area (Å²) in [6.45, 7) is 4.28. The molecule has 2 aliphatic heterocycles. The smallest absolute Gasteiger partial charge is 0.380 e. The zero-order valence-electron chi connectivity index (χ0n) is 24.8. The zero-order chi connectivity index (χ0) is 35.5. The number of ether oxygens (including phenoxy) is 1. The number of nitrogens with one attached hydrogen (secondary N) is 1.